The molecule has 0 unspecified atom stereocenters. The standard InChI is InChI=1S/C21H21NO4/c23-19(14-15-6-8-18(9-7-15)21(25)26)22-12-10-17(11-13-22)20(24)16-4-2-1-3-5-16/h1-9,17H,10-14H2,(H,25,26). The van der Waals surface area contributed by atoms with Crippen LogP contribution < -0.4 is 0 Å². The number of likely N-dealkylation sites (tertiary alicyclic amines) is 1. The number of rotatable bonds is 5. The van der Waals surface area contributed by atoms with E-state index in [2.05, 4.69) is 0 Å². The normalized spacial score (nSPS) is 14.8. The molecule has 2 aromatic carbocycles. The van der Waals surface area contributed by atoms with Gasteiger partial charge in [0.05, 0.1) is 12.0 Å². The van der Waals surface area contributed by atoms with Crippen LogP contribution in [-0.2, 0) is 11.2 Å². The third kappa shape index (κ3) is 4.17. The minimum Gasteiger partial charge on any atom is -0.478 e. The van der Waals surface area contributed by atoms with Gasteiger partial charge in [-0.1, -0.05) is 42.5 Å². The van der Waals surface area contributed by atoms with Crippen molar-refractivity contribution in [3.05, 3.63) is 71.3 Å². The van der Waals surface area contributed by atoms with Gasteiger partial charge in [-0.3, -0.25) is 9.59 Å². The maximum atomic E-state index is 12.5. The van der Waals surface area contributed by atoms with Gasteiger partial charge in [-0.2, -0.15) is 0 Å². The van der Waals surface area contributed by atoms with Crippen LogP contribution in [0.4, 0.5) is 0 Å². The summed E-state index contributed by atoms with van der Waals surface area (Å²) in [6, 6.07) is 15.6. The summed E-state index contributed by atoms with van der Waals surface area (Å²) >= 11 is 0. The fourth-order valence-corrected chi connectivity index (χ4v) is 3.28. The largest absolute Gasteiger partial charge is 0.478 e. The quantitative estimate of drug-likeness (QED) is 0.840. The smallest absolute Gasteiger partial charge is 0.335 e. The molecule has 0 bridgehead atoms. The van der Waals surface area contributed by atoms with E-state index in [9.17, 15) is 14.4 Å². The van der Waals surface area contributed by atoms with Crippen molar-refractivity contribution >= 4 is 17.7 Å². The molecule has 0 radical (unpaired) electrons. The lowest BCUT2D eigenvalue weighted by molar-refractivity contribution is -0.131. The van der Waals surface area contributed by atoms with Crippen LogP contribution >= 0.6 is 0 Å². The van der Waals surface area contributed by atoms with Gasteiger partial charge in [-0.25, -0.2) is 4.79 Å². The van der Waals surface area contributed by atoms with Crippen molar-refractivity contribution in [3.63, 3.8) is 0 Å². The lowest BCUT2D eigenvalue weighted by atomic mass is 9.88. The number of hydrogen-bond acceptors (Lipinski definition) is 3. The predicted octanol–water partition coefficient (Wildman–Crippen LogP) is 3.05. The summed E-state index contributed by atoms with van der Waals surface area (Å²) in [5, 5.41) is 8.91. The highest BCUT2D eigenvalue weighted by Gasteiger charge is 2.27. The average molecular weight is 351 g/mol. The Morgan fingerprint density at radius 3 is 2.08 bits per heavy atom. The molecule has 1 heterocycles. The van der Waals surface area contributed by atoms with Crippen LogP contribution in [0.3, 0.4) is 0 Å². The van der Waals surface area contributed by atoms with Crippen LogP contribution in [0.25, 0.3) is 0 Å². The second-order valence-electron chi connectivity index (χ2n) is 6.56. The molecule has 1 N–H and O–H groups in total. The second-order valence-corrected chi connectivity index (χ2v) is 6.56. The second kappa shape index (κ2) is 7.95. The SMILES string of the molecule is O=C(O)c1ccc(CC(=O)N2CCC(C(=O)c3ccccc3)CC2)cc1. The maximum absolute atomic E-state index is 12.5. The Balaban J connectivity index is 1.53. The zero-order chi connectivity index (χ0) is 18.5. The molecule has 0 spiro atoms. The monoisotopic (exact) mass is 351 g/mol. The van der Waals surface area contributed by atoms with Crippen molar-refractivity contribution in [2.24, 2.45) is 5.92 Å². The van der Waals surface area contributed by atoms with Crippen LogP contribution in [0.1, 0.15) is 39.1 Å². The molecule has 1 fully saturated rings. The summed E-state index contributed by atoms with van der Waals surface area (Å²) in [5.74, 6) is -0.843. The molecule has 134 valence electrons. The molecular weight excluding hydrogens is 330 g/mol. The molecule has 2 aromatic rings. The van der Waals surface area contributed by atoms with Gasteiger partial charge in [0, 0.05) is 24.6 Å². The van der Waals surface area contributed by atoms with E-state index < -0.39 is 5.97 Å². The Morgan fingerprint density at radius 2 is 1.50 bits per heavy atom. The number of Topliss-reactive ketones (excluding diaryl/α,β-unsaturated/α-hetero) is 1. The third-order valence-electron chi connectivity index (χ3n) is 4.83. The summed E-state index contributed by atoms with van der Waals surface area (Å²) in [5.41, 5.74) is 1.74. The molecule has 5 heteroatoms. The highest BCUT2D eigenvalue weighted by Crippen LogP contribution is 2.22. The number of amides is 1. The molecule has 26 heavy (non-hydrogen) atoms. The van der Waals surface area contributed by atoms with Crippen molar-refractivity contribution in [3.8, 4) is 0 Å². The molecule has 1 amide bonds. The van der Waals surface area contributed by atoms with Crippen LogP contribution in [0.2, 0.25) is 0 Å². The van der Waals surface area contributed by atoms with E-state index in [4.69, 9.17) is 5.11 Å². The number of piperidine rings is 1. The van der Waals surface area contributed by atoms with Crippen LogP contribution in [0.15, 0.2) is 54.6 Å². The summed E-state index contributed by atoms with van der Waals surface area (Å²) in [4.78, 5) is 37.6. The first-order chi connectivity index (χ1) is 12.5. The van der Waals surface area contributed by atoms with Crippen molar-refractivity contribution in [1.29, 1.82) is 0 Å². The molecule has 1 aliphatic rings. The number of hydrogen-bond donors (Lipinski definition) is 1. The molecule has 5 nitrogen and oxygen atoms in total. The van der Waals surface area contributed by atoms with Gasteiger partial charge in [0.1, 0.15) is 0 Å². The van der Waals surface area contributed by atoms with Gasteiger partial charge in [0.15, 0.2) is 5.78 Å². The van der Waals surface area contributed by atoms with Crippen molar-refractivity contribution < 1.29 is 19.5 Å². The fourth-order valence-electron chi connectivity index (χ4n) is 3.28. The first kappa shape index (κ1) is 17.9. The van der Waals surface area contributed by atoms with Gasteiger partial charge in [0.2, 0.25) is 5.91 Å². The van der Waals surface area contributed by atoms with E-state index >= 15 is 0 Å². The zero-order valence-corrected chi connectivity index (χ0v) is 14.4. The Bertz CT molecular complexity index is 791. The number of carbonyl (C=O) groups excluding carboxylic acids is 2. The van der Waals surface area contributed by atoms with Crippen molar-refractivity contribution in [2.45, 2.75) is 19.3 Å². The van der Waals surface area contributed by atoms with Crippen molar-refractivity contribution in [2.75, 3.05) is 13.1 Å². The Hall–Kier alpha value is -2.95. The molecule has 0 aliphatic carbocycles. The maximum Gasteiger partial charge on any atom is 0.335 e. The van der Waals surface area contributed by atoms with Gasteiger partial charge in [0.25, 0.3) is 0 Å². The number of benzene rings is 2. The van der Waals surface area contributed by atoms with E-state index in [1.54, 1.807) is 17.0 Å². The number of aromatic carboxylic acids is 1. The van der Waals surface area contributed by atoms with Gasteiger partial charge >= 0.3 is 5.97 Å². The van der Waals surface area contributed by atoms with Gasteiger partial charge in [-0.15, -0.1) is 0 Å². The third-order valence-corrected chi connectivity index (χ3v) is 4.83. The van der Waals surface area contributed by atoms with E-state index in [1.807, 2.05) is 30.3 Å². The minimum atomic E-state index is -0.979. The Kier molecular flexibility index (Phi) is 5.46. The van der Waals surface area contributed by atoms with Crippen molar-refractivity contribution in [1.82, 2.24) is 4.90 Å². The summed E-state index contributed by atoms with van der Waals surface area (Å²) in [7, 11) is 0. The van der Waals surface area contributed by atoms with E-state index in [0.29, 0.717) is 25.9 Å². The zero-order valence-electron chi connectivity index (χ0n) is 14.4. The first-order valence-electron chi connectivity index (χ1n) is 8.74. The molecule has 0 atom stereocenters. The number of carboxylic acid groups (broad SMARTS) is 1. The minimum absolute atomic E-state index is 0.0127. The van der Waals surface area contributed by atoms with E-state index in [-0.39, 0.29) is 29.6 Å². The molecule has 1 saturated heterocycles. The lowest BCUT2D eigenvalue weighted by Gasteiger charge is -2.31. The molecule has 1 aliphatic heterocycles. The summed E-state index contributed by atoms with van der Waals surface area (Å²) < 4.78 is 0. The van der Waals surface area contributed by atoms with Crippen LogP contribution in [0.5, 0.6) is 0 Å². The summed E-state index contributed by atoms with van der Waals surface area (Å²) in [6.07, 6.45) is 1.60. The lowest BCUT2D eigenvalue weighted by Crippen LogP contribution is -2.41. The average Bonchev–Trinajstić information content (AvgIpc) is 2.68. The number of ketones is 1. The fraction of sp³-hybridized carbons (Fsp3) is 0.286. The van der Waals surface area contributed by atoms with Crippen LogP contribution in [-0.4, -0.2) is 40.8 Å². The topological polar surface area (TPSA) is 74.7 Å². The predicted molar refractivity (Wildman–Crippen MR) is 97.2 cm³/mol. The number of carbonyl (C=O) groups is 3. The van der Waals surface area contributed by atoms with E-state index in [0.717, 1.165) is 11.1 Å². The first-order valence-corrected chi connectivity index (χ1v) is 8.74. The Labute approximate surface area is 152 Å². The highest BCUT2D eigenvalue weighted by atomic mass is 16.4. The summed E-state index contributed by atoms with van der Waals surface area (Å²) in [6.45, 7) is 1.16. The highest BCUT2D eigenvalue weighted by molar-refractivity contribution is 5.98. The molecule has 0 saturated carbocycles. The van der Waals surface area contributed by atoms with Gasteiger partial charge < -0.3 is 10.0 Å². The van der Waals surface area contributed by atoms with Crippen LogP contribution in [0, 0.1) is 5.92 Å². The molecule has 0 aromatic heterocycles. The molecular formula is C21H21NO4. The van der Waals surface area contributed by atoms with Gasteiger partial charge in [-0.05, 0) is 30.5 Å². The number of nitrogens with zero attached hydrogens (tertiary/aromatic N) is 1. The molecule has 3 rings (SSSR count). The Morgan fingerprint density at radius 1 is 0.885 bits per heavy atom. The van der Waals surface area contributed by atoms with E-state index in [1.165, 1.54) is 12.1 Å². The number of carboxylic acids is 1.